The minimum Gasteiger partial charge on any atom is -0.324 e. The molecule has 0 unspecified atom stereocenters. The maximum absolute atomic E-state index is 12.9. The highest BCUT2D eigenvalue weighted by atomic mass is 32.2. The van der Waals surface area contributed by atoms with E-state index in [2.05, 4.69) is 36.3 Å². The summed E-state index contributed by atoms with van der Waals surface area (Å²) in [7, 11) is -7.00. The second kappa shape index (κ2) is 14.8. The molecule has 1 aromatic heterocycles. The number of para-hydroxylation sites is 1. The van der Waals surface area contributed by atoms with Crippen LogP contribution in [0.3, 0.4) is 0 Å². The zero-order valence-corrected chi connectivity index (χ0v) is 29.0. The van der Waals surface area contributed by atoms with Crippen LogP contribution < -0.4 is 16.2 Å². The number of benzene rings is 3. The smallest absolute Gasteiger partial charge is 0.243 e. The number of nitrogens with one attached hydrogen (secondary N) is 3. The van der Waals surface area contributed by atoms with Crippen molar-refractivity contribution in [2.45, 2.75) is 49.3 Å². The molecule has 3 aromatic carbocycles. The van der Waals surface area contributed by atoms with Crippen molar-refractivity contribution in [3.63, 3.8) is 0 Å². The van der Waals surface area contributed by atoms with Gasteiger partial charge < -0.3 is 5.32 Å². The van der Waals surface area contributed by atoms with E-state index in [-0.39, 0.29) is 9.79 Å². The van der Waals surface area contributed by atoms with Crippen molar-refractivity contribution < 1.29 is 16.8 Å². The van der Waals surface area contributed by atoms with E-state index in [0.717, 1.165) is 42.5 Å². The molecule has 256 valence electrons. The van der Waals surface area contributed by atoms with Crippen LogP contribution in [0, 0.1) is 0 Å². The number of aromatic nitrogens is 2. The van der Waals surface area contributed by atoms with Crippen LogP contribution in [0.4, 0.5) is 23.3 Å². The molecule has 13 nitrogen and oxygen atoms in total. The summed E-state index contributed by atoms with van der Waals surface area (Å²) in [6.07, 6.45) is 3.52. The lowest BCUT2D eigenvalue weighted by Gasteiger charge is -2.15. The van der Waals surface area contributed by atoms with Gasteiger partial charge in [-0.05, 0) is 87.1 Å². The molecular formula is C34H39N9O4S2. The summed E-state index contributed by atoms with van der Waals surface area (Å²) in [4.78, 5) is 9.65. The lowest BCUT2D eigenvalue weighted by Crippen LogP contribution is -2.27. The van der Waals surface area contributed by atoms with Gasteiger partial charge in [0, 0.05) is 37.9 Å². The summed E-state index contributed by atoms with van der Waals surface area (Å²) in [5, 5.41) is 12.2. The van der Waals surface area contributed by atoms with Crippen LogP contribution in [0.15, 0.2) is 105 Å². The molecule has 0 saturated carbocycles. The third-order valence-electron chi connectivity index (χ3n) is 8.38. The molecule has 2 saturated heterocycles. The predicted octanol–water partition coefficient (Wildman–Crippen LogP) is 5.46. The standard InChI is InChI=1S/C34H39N9O4S2/c1-25(27-12-16-30(17-13-27)48(44,45)42-20-6-7-21-42)38-40-32-24-33(37-34(36-32)35-29-10-4-3-5-11-29)41-39-26(2)28-14-18-31(19-15-28)49(46,47)43-22-8-9-23-43/h3-5,10-19,24H,6-9,20-23H2,1-2H3,(H3,35,36,37,40,41). The summed E-state index contributed by atoms with van der Waals surface area (Å²) in [5.74, 6) is 1.06. The van der Waals surface area contributed by atoms with Gasteiger partial charge in [0.05, 0.1) is 21.2 Å². The van der Waals surface area contributed by atoms with Gasteiger partial charge in [-0.3, -0.25) is 10.9 Å². The normalized spacial score (nSPS) is 16.5. The Bertz CT molecular complexity index is 1920. The van der Waals surface area contributed by atoms with Gasteiger partial charge >= 0.3 is 0 Å². The van der Waals surface area contributed by atoms with Crippen molar-refractivity contribution in [3.8, 4) is 0 Å². The molecule has 0 bridgehead atoms. The number of anilines is 4. The summed E-state index contributed by atoms with van der Waals surface area (Å²) in [6, 6.07) is 24.5. The first-order valence-electron chi connectivity index (χ1n) is 16.1. The molecule has 0 amide bonds. The van der Waals surface area contributed by atoms with E-state index >= 15 is 0 Å². The second-order valence-electron chi connectivity index (χ2n) is 11.8. The monoisotopic (exact) mass is 701 g/mol. The average molecular weight is 702 g/mol. The average Bonchev–Trinajstić information content (AvgIpc) is 3.87. The van der Waals surface area contributed by atoms with E-state index in [0.29, 0.717) is 55.2 Å². The Morgan fingerprint density at radius 1 is 0.612 bits per heavy atom. The van der Waals surface area contributed by atoms with Crippen LogP contribution in [0.25, 0.3) is 0 Å². The topological polar surface area (TPSA) is 161 Å². The highest BCUT2D eigenvalue weighted by Crippen LogP contribution is 2.24. The Labute approximate surface area is 287 Å². The van der Waals surface area contributed by atoms with Gasteiger partial charge in [-0.25, -0.2) is 16.8 Å². The molecule has 6 rings (SSSR count). The minimum absolute atomic E-state index is 0.265. The highest BCUT2D eigenvalue weighted by molar-refractivity contribution is 7.89. The lowest BCUT2D eigenvalue weighted by atomic mass is 10.1. The van der Waals surface area contributed by atoms with Gasteiger partial charge in [0.1, 0.15) is 0 Å². The van der Waals surface area contributed by atoms with Crippen molar-refractivity contribution in [2.24, 2.45) is 10.2 Å². The Morgan fingerprint density at radius 2 is 1.02 bits per heavy atom. The van der Waals surface area contributed by atoms with E-state index < -0.39 is 20.0 Å². The number of hydrogen-bond donors (Lipinski definition) is 3. The van der Waals surface area contributed by atoms with Crippen molar-refractivity contribution >= 4 is 54.7 Å². The van der Waals surface area contributed by atoms with Gasteiger partial charge in [0.25, 0.3) is 0 Å². The van der Waals surface area contributed by atoms with Crippen LogP contribution in [-0.4, -0.2) is 73.0 Å². The molecule has 49 heavy (non-hydrogen) atoms. The van der Waals surface area contributed by atoms with E-state index in [1.807, 2.05) is 44.2 Å². The van der Waals surface area contributed by atoms with E-state index in [1.54, 1.807) is 54.6 Å². The Morgan fingerprint density at radius 3 is 1.43 bits per heavy atom. The summed E-state index contributed by atoms with van der Waals surface area (Å²) in [5.41, 5.74) is 9.51. The molecule has 0 radical (unpaired) electrons. The Balaban J connectivity index is 1.19. The first-order valence-corrected chi connectivity index (χ1v) is 19.0. The maximum atomic E-state index is 12.9. The fourth-order valence-corrected chi connectivity index (χ4v) is 8.61. The van der Waals surface area contributed by atoms with Crippen molar-refractivity contribution in [1.82, 2.24) is 18.6 Å². The minimum atomic E-state index is -3.50. The fourth-order valence-electron chi connectivity index (χ4n) is 5.57. The molecule has 2 fully saturated rings. The van der Waals surface area contributed by atoms with E-state index in [1.165, 1.54) is 8.61 Å². The van der Waals surface area contributed by atoms with Gasteiger partial charge in [-0.15, -0.1) is 0 Å². The third-order valence-corrected chi connectivity index (χ3v) is 12.2. The number of hydrogen-bond acceptors (Lipinski definition) is 11. The van der Waals surface area contributed by atoms with Crippen LogP contribution in [0.2, 0.25) is 0 Å². The summed E-state index contributed by atoms with van der Waals surface area (Å²) < 4.78 is 54.7. The quantitative estimate of drug-likeness (QED) is 0.129. The zero-order valence-electron chi connectivity index (χ0n) is 27.4. The molecule has 0 atom stereocenters. The van der Waals surface area contributed by atoms with Crippen LogP contribution in [0.5, 0.6) is 0 Å². The largest absolute Gasteiger partial charge is 0.324 e. The van der Waals surface area contributed by atoms with Gasteiger partial charge in [0.15, 0.2) is 11.6 Å². The fraction of sp³-hybridized carbons (Fsp3) is 0.294. The predicted molar refractivity (Wildman–Crippen MR) is 192 cm³/mol. The molecule has 15 heteroatoms. The first-order chi connectivity index (χ1) is 23.6. The molecule has 2 aliphatic rings. The molecule has 3 heterocycles. The highest BCUT2D eigenvalue weighted by Gasteiger charge is 2.28. The van der Waals surface area contributed by atoms with E-state index in [9.17, 15) is 16.8 Å². The molecule has 2 aliphatic heterocycles. The number of hydrazone groups is 2. The molecular weight excluding hydrogens is 663 g/mol. The number of rotatable bonds is 12. The third kappa shape index (κ3) is 8.13. The Hall–Kier alpha value is -4.70. The van der Waals surface area contributed by atoms with Crippen LogP contribution in [-0.2, 0) is 20.0 Å². The maximum Gasteiger partial charge on any atom is 0.243 e. The van der Waals surface area contributed by atoms with Crippen LogP contribution in [0.1, 0.15) is 50.7 Å². The SMILES string of the molecule is CC(=NNc1cc(NN=C(C)c2ccc(S(=O)(=O)N3CCCC3)cc2)nc(Nc2ccccc2)n1)c1ccc(S(=O)(=O)N2CCCC2)cc1. The molecule has 4 aromatic rings. The second-order valence-corrected chi connectivity index (χ2v) is 15.7. The molecule has 0 aliphatic carbocycles. The van der Waals surface area contributed by atoms with Crippen molar-refractivity contribution in [3.05, 3.63) is 96.1 Å². The van der Waals surface area contributed by atoms with Crippen molar-refractivity contribution in [1.29, 1.82) is 0 Å². The van der Waals surface area contributed by atoms with Gasteiger partial charge in [-0.2, -0.15) is 28.8 Å². The van der Waals surface area contributed by atoms with Gasteiger partial charge in [0.2, 0.25) is 26.0 Å². The van der Waals surface area contributed by atoms with Gasteiger partial charge in [-0.1, -0.05) is 42.5 Å². The first kappa shape index (κ1) is 34.2. The summed E-state index contributed by atoms with van der Waals surface area (Å²) >= 11 is 0. The van der Waals surface area contributed by atoms with Crippen LogP contribution >= 0.6 is 0 Å². The number of sulfonamides is 2. The zero-order chi connectivity index (χ0) is 34.4. The summed E-state index contributed by atoms with van der Waals surface area (Å²) in [6.45, 7) is 5.83. The number of nitrogens with zero attached hydrogens (tertiary/aromatic N) is 6. The van der Waals surface area contributed by atoms with Crippen molar-refractivity contribution in [2.75, 3.05) is 42.3 Å². The molecule has 3 N–H and O–H groups in total. The molecule has 0 spiro atoms. The lowest BCUT2D eigenvalue weighted by molar-refractivity contribution is 0.476. The van der Waals surface area contributed by atoms with E-state index in [4.69, 9.17) is 0 Å². The Kier molecular flexibility index (Phi) is 10.3.